The molecule has 0 unspecified atom stereocenters. The van der Waals surface area contributed by atoms with Crippen molar-refractivity contribution in [3.05, 3.63) is 86.9 Å². The van der Waals surface area contributed by atoms with E-state index in [0.717, 1.165) is 15.4 Å². The van der Waals surface area contributed by atoms with Crippen LogP contribution in [0.2, 0.25) is 5.02 Å². The van der Waals surface area contributed by atoms with E-state index in [-0.39, 0.29) is 27.8 Å². The van der Waals surface area contributed by atoms with Crippen LogP contribution in [0, 0.1) is 10.1 Å². The average Bonchev–Trinajstić information content (AvgIpc) is 2.70. The molecule has 0 spiro atoms. The predicted octanol–water partition coefficient (Wildman–Crippen LogP) is 5.92. The number of benzene rings is 3. The smallest absolute Gasteiger partial charge is 0.269 e. The fourth-order valence-corrected chi connectivity index (χ4v) is 3.84. The highest BCUT2D eigenvalue weighted by Crippen LogP contribution is 2.34. The van der Waals surface area contributed by atoms with Crippen LogP contribution in [-0.2, 0) is 6.54 Å². The summed E-state index contributed by atoms with van der Waals surface area (Å²) in [4.78, 5) is 23.9. The maximum Gasteiger partial charge on any atom is 0.269 e. The van der Waals surface area contributed by atoms with Crippen LogP contribution in [0.5, 0.6) is 5.75 Å². The number of nitrogens with zero attached hydrogens (tertiary/aromatic N) is 1. The van der Waals surface area contributed by atoms with Gasteiger partial charge in [-0.25, -0.2) is 0 Å². The van der Waals surface area contributed by atoms with Crippen LogP contribution in [0.15, 0.2) is 70.5 Å². The van der Waals surface area contributed by atoms with Crippen LogP contribution in [0.1, 0.15) is 22.8 Å². The van der Waals surface area contributed by atoms with E-state index in [9.17, 15) is 20.0 Å². The van der Waals surface area contributed by atoms with E-state index in [1.165, 1.54) is 30.8 Å². The molecule has 3 rings (SSSR count). The van der Waals surface area contributed by atoms with E-state index in [2.05, 4.69) is 5.32 Å². The number of anilines is 1. The molecule has 0 aliphatic rings. The van der Waals surface area contributed by atoms with Gasteiger partial charge in [0.1, 0.15) is 5.75 Å². The maximum absolute atomic E-state index is 11.7. The van der Waals surface area contributed by atoms with Crippen molar-refractivity contribution in [1.82, 2.24) is 0 Å². The van der Waals surface area contributed by atoms with Crippen molar-refractivity contribution >= 4 is 40.5 Å². The van der Waals surface area contributed by atoms with Gasteiger partial charge in [-0.3, -0.25) is 14.9 Å². The van der Waals surface area contributed by atoms with Crippen molar-refractivity contribution < 1.29 is 14.8 Å². The number of rotatable bonds is 7. The fraction of sp³-hybridized carbons (Fsp3) is 0.0952. The number of nitrogens with one attached hydrogen (secondary N) is 1. The first-order valence-corrected chi connectivity index (χ1v) is 9.82. The lowest BCUT2D eigenvalue weighted by Gasteiger charge is -2.13. The first-order chi connectivity index (χ1) is 13.8. The molecule has 0 heterocycles. The van der Waals surface area contributed by atoms with E-state index >= 15 is 0 Å². The van der Waals surface area contributed by atoms with Crippen molar-refractivity contribution in [1.29, 1.82) is 0 Å². The van der Waals surface area contributed by atoms with Crippen LogP contribution in [-0.4, -0.2) is 15.8 Å². The number of hydrogen-bond donors (Lipinski definition) is 2. The molecule has 0 saturated heterocycles. The third-order valence-corrected chi connectivity index (χ3v) is 5.59. The number of Topliss-reactive ketones (excluding diaryl/α,β-unsaturated/α-hetero) is 1. The minimum absolute atomic E-state index is 0.0507. The third-order valence-electron chi connectivity index (χ3n) is 4.17. The van der Waals surface area contributed by atoms with Crippen LogP contribution in [0.4, 0.5) is 11.4 Å². The molecular weight excluding hydrogens is 412 g/mol. The Balaban J connectivity index is 1.78. The summed E-state index contributed by atoms with van der Waals surface area (Å²) in [5, 5.41) is 24.0. The number of nitro benzene ring substituents is 1. The Kier molecular flexibility index (Phi) is 6.41. The average molecular weight is 429 g/mol. The van der Waals surface area contributed by atoms with E-state index in [0.29, 0.717) is 12.2 Å². The summed E-state index contributed by atoms with van der Waals surface area (Å²) in [5.41, 5.74) is 1.83. The second kappa shape index (κ2) is 8.98. The van der Waals surface area contributed by atoms with Gasteiger partial charge in [0, 0.05) is 34.2 Å². The van der Waals surface area contributed by atoms with E-state index in [4.69, 9.17) is 11.6 Å². The van der Waals surface area contributed by atoms with E-state index in [1.807, 2.05) is 24.3 Å². The molecule has 0 radical (unpaired) electrons. The van der Waals surface area contributed by atoms with Crippen molar-refractivity contribution in [3.63, 3.8) is 0 Å². The summed E-state index contributed by atoms with van der Waals surface area (Å²) >= 11 is 7.52. The molecule has 3 aromatic rings. The largest absolute Gasteiger partial charge is 0.506 e. The molecule has 3 aromatic carbocycles. The van der Waals surface area contributed by atoms with Crippen molar-refractivity contribution in [2.24, 2.45) is 0 Å². The lowest BCUT2D eigenvalue weighted by atomic mass is 10.1. The van der Waals surface area contributed by atoms with Crippen molar-refractivity contribution in [2.75, 3.05) is 5.32 Å². The minimum atomic E-state index is -0.426. The normalized spacial score (nSPS) is 10.6. The van der Waals surface area contributed by atoms with Gasteiger partial charge in [0.15, 0.2) is 5.78 Å². The van der Waals surface area contributed by atoms with Crippen molar-refractivity contribution in [3.8, 4) is 5.75 Å². The Morgan fingerprint density at radius 2 is 1.86 bits per heavy atom. The van der Waals surface area contributed by atoms with Gasteiger partial charge in [0.2, 0.25) is 0 Å². The summed E-state index contributed by atoms with van der Waals surface area (Å²) in [6.07, 6.45) is 0. The molecule has 0 amide bonds. The Morgan fingerprint density at radius 1 is 1.17 bits per heavy atom. The van der Waals surface area contributed by atoms with Gasteiger partial charge in [-0.2, -0.15) is 0 Å². The number of ketones is 1. The highest BCUT2D eigenvalue weighted by molar-refractivity contribution is 7.99. The number of nitro groups is 1. The van der Waals surface area contributed by atoms with Gasteiger partial charge in [-0.1, -0.05) is 41.6 Å². The summed E-state index contributed by atoms with van der Waals surface area (Å²) in [6.45, 7) is 1.83. The Labute approximate surface area is 176 Å². The number of phenols is 1. The molecule has 29 heavy (non-hydrogen) atoms. The van der Waals surface area contributed by atoms with Gasteiger partial charge in [0.25, 0.3) is 5.69 Å². The molecule has 0 aliphatic carbocycles. The van der Waals surface area contributed by atoms with Crippen molar-refractivity contribution in [2.45, 2.75) is 23.3 Å². The monoisotopic (exact) mass is 428 g/mol. The van der Waals surface area contributed by atoms with Gasteiger partial charge in [-0.15, -0.1) is 0 Å². The topological polar surface area (TPSA) is 92.5 Å². The number of phenolic OH excluding ortho intramolecular Hbond substituents is 1. The molecule has 0 saturated carbocycles. The summed E-state index contributed by atoms with van der Waals surface area (Å²) in [5.74, 6) is -0.499. The second-order valence-electron chi connectivity index (χ2n) is 6.22. The van der Waals surface area contributed by atoms with Crippen LogP contribution in [0.3, 0.4) is 0 Å². The van der Waals surface area contributed by atoms with Gasteiger partial charge in [0.05, 0.1) is 15.5 Å². The quantitative estimate of drug-likeness (QED) is 0.210. The second-order valence-corrected chi connectivity index (χ2v) is 7.75. The number of hydrogen-bond acceptors (Lipinski definition) is 6. The fourth-order valence-electron chi connectivity index (χ4n) is 2.68. The summed E-state index contributed by atoms with van der Waals surface area (Å²) in [7, 11) is 0. The Hall–Kier alpha value is -3.03. The van der Waals surface area contributed by atoms with Gasteiger partial charge >= 0.3 is 0 Å². The number of carbonyl (C=O) groups is 1. The molecule has 0 atom stereocenters. The maximum atomic E-state index is 11.7. The Bertz CT molecular complexity index is 1070. The van der Waals surface area contributed by atoms with Gasteiger partial charge in [-0.05, 0) is 42.8 Å². The zero-order chi connectivity index (χ0) is 21.0. The molecule has 148 valence electrons. The molecular formula is C21H17ClN2O4S. The van der Waals surface area contributed by atoms with Gasteiger partial charge < -0.3 is 10.4 Å². The number of carbonyl (C=O) groups excluding carboxylic acids is 1. The third kappa shape index (κ3) is 5.07. The highest BCUT2D eigenvalue weighted by atomic mass is 35.5. The molecule has 0 bridgehead atoms. The highest BCUT2D eigenvalue weighted by Gasteiger charge is 2.13. The lowest BCUT2D eigenvalue weighted by molar-refractivity contribution is -0.384. The minimum Gasteiger partial charge on any atom is -0.506 e. The van der Waals surface area contributed by atoms with Crippen LogP contribution < -0.4 is 5.32 Å². The summed E-state index contributed by atoms with van der Waals surface area (Å²) < 4.78 is 0. The Morgan fingerprint density at radius 3 is 2.52 bits per heavy atom. The lowest BCUT2D eigenvalue weighted by Crippen LogP contribution is -2.03. The SMILES string of the molecule is CC(=O)c1cc(NCc2ccccc2Sc2ccc([N+](=O)[O-])cc2)cc(Cl)c1O. The molecule has 2 N–H and O–H groups in total. The zero-order valence-electron chi connectivity index (χ0n) is 15.4. The van der Waals surface area contributed by atoms with E-state index < -0.39 is 4.92 Å². The molecule has 6 nitrogen and oxygen atoms in total. The number of non-ortho nitro benzene ring substituents is 1. The molecule has 0 aliphatic heterocycles. The van der Waals surface area contributed by atoms with E-state index in [1.54, 1.807) is 24.3 Å². The number of halogens is 1. The van der Waals surface area contributed by atoms with Crippen LogP contribution >= 0.6 is 23.4 Å². The summed E-state index contributed by atoms with van der Waals surface area (Å²) in [6, 6.07) is 17.3. The molecule has 0 fully saturated rings. The van der Waals surface area contributed by atoms with Crippen LogP contribution in [0.25, 0.3) is 0 Å². The standard InChI is InChI=1S/C21H17ClN2O4S/c1-13(25)18-10-15(11-19(22)21(18)26)23-12-14-4-2-3-5-20(14)29-17-8-6-16(7-9-17)24(27)28/h2-11,23,26H,12H2,1H3. The zero-order valence-corrected chi connectivity index (χ0v) is 17.0. The number of aromatic hydroxyl groups is 1. The predicted molar refractivity (Wildman–Crippen MR) is 114 cm³/mol. The molecule has 0 aromatic heterocycles. The first kappa shape index (κ1) is 20.7. The first-order valence-electron chi connectivity index (χ1n) is 8.62. The molecule has 8 heteroatoms.